The summed E-state index contributed by atoms with van der Waals surface area (Å²) < 4.78 is 1.74. The molecule has 0 spiro atoms. The summed E-state index contributed by atoms with van der Waals surface area (Å²) in [7, 11) is 1.80. The molecule has 2 N–H and O–H groups in total. The van der Waals surface area contributed by atoms with Crippen LogP contribution in [0.5, 0.6) is 0 Å². The predicted octanol–water partition coefficient (Wildman–Crippen LogP) is 0.496. The summed E-state index contributed by atoms with van der Waals surface area (Å²) >= 11 is 0. The van der Waals surface area contributed by atoms with Crippen molar-refractivity contribution in [3.8, 4) is 11.6 Å². The monoisotopic (exact) mass is 262 g/mol. The Hall–Kier alpha value is -2.44. The van der Waals surface area contributed by atoms with Crippen LogP contribution in [0.3, 0.4) is 0 Å². The normalized spacial score (nSPS) is 10.6. The Morgan fingerprint density at radius 2 is 2.26 bits per heavy atom. The van der Waals surface area contributed by atoms with Crippen molar-refractivity contribution in [3.05, 3.63) is 34.0 Å². The van der Waals surface area contributed by atoms with Gasteiger partial charge >= 0.3 is 5.97 Å². The van der Waals surface area contributed by atoms with Crippen LogP contribution < -0.4 is 5.56 Å². The molecule has 2 rings (SSSR count). The number of nitrogens with zero attached hydrogens (tertiary/aromatic N) is 3. The van der Waals surface area contributed by atoms with Gasteiger partial charge in [-0.2, -0.15) is 0 Å². The highest BCUT2D eigenvalue weighted by Gasteiger charge is 2.13. The van der Waals surface area contributed by atoms with Crippen molar-refractivity contribution in [1.82, 2.24) is 19.5 Å². The lowest BCUT2D eigenvalue weighted by molar-refractivity contribution is -0.136. The Bertz CT molecular complexity index is 672. The molecule has 0 aliphatic heterocycles. The zero-order valence-corrected chi connectivity index (χ0v) is 10.7. The summed E-state index contributed by atoms with van der Waals surface area (Å²) in [5.41, 5.74) is 0.620. The summed E-state index contributed by atoms with van der Waals surface area (Å²) in [5.74, 6) is 0.00559. The first-order valence-electron chi connectivity index (χ1n) is 5.78. The second kappa shape index (κ2) is 5.05. The predicted molar refractivity (Wildman–Crippen MR) is 67.8 cm³/mol. The maximum atomic E-state index is 12.0. The Kier molecular flexibility index (Phi) is 3.46. The number of H-pyrrole nitrogens is 1. The van der Waals surface area contributed by atoms with Gasteiger partial charge in [0, 0.05) is 37.1 Å². The van der Waals surface area contributed by atoms with E-state index in [0.29, 0.717) is 22.9 Å². The van der Waals surface area contributed by atoms with Crippen molar-refractivity contribution in [3.63, 3.8) is 0 Å². The van der Waals surface area contributed by atoms with Gasteiger partial charge in [0.2, 0.25) is 0 Å². The number of aromatic amines is 1. The van der Waals surface area contributed by atoms with Crippen LogP contribution in [0, 0.1) is 6.92 Å². The Labute approximate surface area is 109 Å². The lowest BCUT2D eigenvalue weighted by atomic mass is 10.1. The number of aromatic nitrogens is 4. The standard InChI is InChI=1S/C12H14N4O3/c1-7-8(3-4-9(17)18)12(19)15-10(14-7)11-13-5-6-16(11)2/h5-6H,3-4H2,1-2H3,(H,17,18)(H,14,15,19). The first kappa shape index (κ1) is 13.0. The van der Waals surface area contributed by atoms with E-state index in [-0.39, 0.29) is 18.4 Å². The lowest BCUT2D eigenvalue weighted by Gasteiger charge is -2.06. The molecule has 0 bridgehead atoms. The molecule has 7 nitrogen and oxygen atoms in total. The fourth-order valence-corrected chi connectivity index (χ4v) is 1.84. The topological polar surface area (TPSA) is 101 Å². The third-order valence-corrected chi connectivity index (χ3v) is 2.84. The van der Waals surface area contributed by atoms with Crippen molar-refractivity contribution in [1.29, 1.82) is 0 Å². The minimum Gasteiger partial charge on any atom is -0.481 e. The van der Waals surface area contributed by atoms with E-state index < -0.39 is 5.97 Å². The molecule has 2 aromatic heterocycles. The summed E-state index contributed by atoms with van der Waals surface area (Å²) in [4.78, 5) is 33.5. The highest BCUT2D eigenvalue weighted by atomic mass is 16.4. The second-order valence-corrected chi connectivity index (χ2v) is 4.23. The lowest BCUT2D eigenvalue weighted by Crippen LogP contribution is -2.19. The zero-order valence-electron chi connectivity index (χ0n) is 10.7. The van der Waals surface area contributed by atoms with Gasteiger partial charge in [0.25, 0.3) is 5.56 Å². The second-order valence-electron chi connectivity index (χ2n) is 4.23. The molecule has 0 unspecified atom stereocenters. The molecule has 2 aromatic rings. The van der Waals surface area contributed by atoms with Crippen LogP contribution in [0.1, 0.15) is 17.7 Å². The van der Waals surface area contributed by atoms with Gasteiger partial charge in [-0.05, 0) is 13.3 Å². The van der Waals surface area contributed by atoms with Gasteiger partial charge in [-0.15, -0.1) is 0 Å². The number of hydrogen-bond acceptors (Lipinski definition) is 4. The maximum Gasteiger partial charge on any atom is 0.303 e. The van der Waals surface area contributed by atoms with Crippen molar-refractivity contribution in [2.24, 2.45) is 7.05 Å². The molecule has 0 aliphatic carbocycles. The van der Waals surface area contributed by atoms with Crippen LogP contribution in [0.25, 0.3) is 11.6 Å². The van der Waals surface area contributed by atoms with Crippen molar-refractivity contribution in [2.75, 3.05) is 0 Å². The molecule has 0 radical (unpaired) electrons. The van der Waals surface area contributed by atoms with Gasteiger partial charge in [0.15, 0.2) is 11.6 Å². The number of aliphatic carboxylic acids is 1. The number of aryl methyl sites for hydroxylation is 2. The fraction of sp³-hybridized carbons (Fsp3) is 0.333. The van der Waals surface area contributed by atoms with E-state index in [0.717, 1.165) is 0 Å². The van der Waals surface area contributed by atoms with E-state index in [1.807, 2.05) is 0 Å². The minimum absolute atomic E-state index is 0.0899. The number of carbonyl (C=O) groups is 1. The quantitative estimate of drug-likeness (QED) is 0.835. The fourth-order valence-electron chi connectivity index (χ4n) is 1.84. The number of carboxylic acids is 1. The van der Waals surface area contributed by atoms with Crippen LogP contribution in [0.15, 0.2) is 17.2 Å². The van der Waals surface area contributed by atoms with E-state index in [2.05, 4.69) is 15.0 Å². The van der Waals surface area contributed by atoms with Gasteiger partial charge in [-0.25, -0.2) is 9.97 Å². The SMILES string of the molecule is Cc1nc(-c2nccn2C)[nH]c(=O)c1CCC(=O)O. The molecule has 19 heavy (non-hydrogen) atoms. The molecular weight excluding hydrogens is 248 g/mol. The maximum absolute atomic E-state index is 12.0. The highest BCUT2D eigenvalue weighted by Crippen LogP contribution is 2.11. The van der Waals surface area contributed by atoms with Crippen molar-refractivity contribution < 1.29 is 9.90 Å². The van der Waals surface area contributed by atoms with Crippen LogP contribution in [0.2, 0.25) is 0 Å². The highest BCUT2D eigenvalue weighted by molar-refractivity contribution is 5.67. The molecule has 0 saturated heterocycles. The molecule has 2 heterocycles. The minimum atomic E-state index is -0.938. The van der Waals surface area contributed by atoms with E-state index in [4.69, 9.17) is 5.11 Å². The van der Waals surface area contributed by atoms with E-state index in [1.165, 1.54) is 0 Å². The van der Waals surface area contributed by atoms with Gasteiger partial charge < -0.3 is 14.7 Å². The number of carboxylic acid groups (broad SMARTS) is 1. The molecule has 100 valence electrons. The molecule has 7 heteroatoms. The molecule has 0 amide bonds. The first-order valence-corrected chi connectivity index (χ1v) is 5.78. The molecule has 0 fully saturated rings. The van der Waals surface area contributed by atoms with Crippen LogP contribution in [0.4, 0.5) is 0 Å². The third-order valence-electron chi connectivity index (χ3n) is 2.84. The average Bonchev–Trinajstić information content (AvgIpc) is 2.73. The Balaban J connectivity index is 2.40. The van der Waals surface area contributed by atoms with Crippen molar-refractivity contribution in [2.45, 2.75) is 19.8 Å². The molecule has 0 aromatic carbocycles. The number of nitrogens with one attached hydrogen (secondary N) is 1. The van der Waals surface area contributed by atoms with E-state index in [9.17, 15) is 9.59 Å². The van der Waals surface area contributed by atoms with Gasteiger partial charge in [0.05, 0.1) is 0 Å². The summed E-state index contributed by atoms with van der Waals surface area (Å²) in [5, 5.41) is 8.65. The largest absolute Gasteiger partial charge is 0.481 e. The summed E-state index contributed by atoms with van der Waals surface area (Å²) in [6, 6.07) is 0. The Morgan fingerprint density at radius 1 is 1.53 bits per heavy atom. The molecule has 0 saturated carbocycles. The van der Waals surface area contributed by atoms with E-state index >= 15 is 0 Å². The van der Waals surface area contributed by atoms with E-state index in [1.54, 1.807) is 30.9 Å². The zero-order chi connectivity index (χ0) is 14.0. The average molecular weight is 262 g/mol. The number of imidazole rings is 1. The van der Waals surface area contributed by atoms with Gasteiger partial charge in [-0.1, -0.05) is 0 Å². The number of hydrogen-bond donors (Lipinski definition) is 2. The molecule has 0 aliphatic rings. The van der Waals surface area contributed by atoms with Gasteiger partial charge in [-0.3, -0.25) is 9.59 Å². The first-order chi connectivity index (χ1) is 8.99. The van der Waals surface area contributed by atoms with Crippen LogP contribution in [-0.2, 0) is 18.3 Å². The van der Waals surface area contributed by atoms with Gasteiger partial charge in [0.1, 0.15) is 0 Å². The van der Waals surface area contributed by atoms with Crippen molar-refractivity contribution >= 4 is 5.97 Å². The van der Waals surface area contributed by atoms with Crippen LogP contribution in [-0.4, -0.2) is 30.6 Å². The third kappa shape index (κ3) is 2.70. The molecular formula is C12H14N4O3. The smallest absolute Gasteiger partial charge is 0.303 e. The summed E-state index contributed by atoms with van der Waals surface area (Å²) in [6.45, 7) is 1.69. The molecule has 0 atom stereocenters. The van der Waals surface area contributed by atoms with Crippen LogP contribution >= 0.6 is 0 Å². The summed E-state index contributed by atoms with van der Waals surface area (Å²) in [6.07, 6.45) is 3.45. The Morgan fingerprint density at radius 3 is 2.79 bits per heavy atom. The number of rotatable bonds is 4.